The van der Waals surface area contributed by atoms with Gasteiger partial charge in [-0.15, -0.1) is 0 Å². The summed E-state index contributed by atoms with van der Waals surface area (Å²) in [4.78, 5) is 20.4. The molecule has 0 aliphatic heterocycles. The van der Waals surface area contributed by atoms with E-state index < -0.39 is 12.1 Å². The fourth-order valence-corrected chi connectivity index (χ4v) is 1.87. The van der Waals surface area contributed by atoms with Crippen LogP contribution in [0.25, 0.3) is 11.4 Å². The molecule has 0 spiro atoms. The Morgan fingerprint density at radius 3 is 2.56 bits per heavy atom. The molecular weight excluding hydrogens is 341 g/mol. The average molecular weight is 358 g/mol. The van der Waals surface area contributed by atoms with E-state index in [1.54, 1.807) is 6.92 Å². The van der Waals surface area contributed by atoms with Gasteiger partial charge in [-0.2, -0.15) is 18.2 Å². The molecule has 1 atom stereocenters. The van der Waals surface area contributed by atoms with Crippen LogP contribution in [0.2, 0.25) is 0 Å². The molecule has 1 aromatic carbocycles. The van der Waals surface area contributed by atoms with E-state index in [0.29, 0.717) is 24.3 Å². The predicted molar refractivity (Wildman–Crippen MR) is 81.3 cm³/mol. The normalized spacial score (nSPS) is 12.8. The molecule has 7 nitrogen and oxygen atoms in total. The van der Waals surface area contributed by atoms with Gasteiger partial charge < -0.3 is 14.7 Å². The number of hydrogen-bond donors (Lipinski definition) is 2. The summed E-state index contributed by atoms with van der Waals surface area (Å²) >= 11 is 0. The van der Waals surface area contributed by atoms with Crippen LogP contribution in [-0.4, -0.2) is 35.2 Å². The third kappa shape index (κ3) is 5.26. The zero-order valence-corrected chi connectivity index (χ0v) is 13.6. The lowest BCUT2D eigenvalue weighted by molar-refractivity contribution is -0.159. The number of carbonyl (C=O) groups excluding carboxylic acids is 1. The fraction of sp³-hybridized carbons (Fsp3) is 0.400. The van der Waals surface area contributed by atoms with Crippen molar-refractivity contribution in [1.82, 2.24) is 20.9 Å². The molecule has 1 aromatic heterocycles. The highest BCUT2D eigenvalue weighted by molar-refractivity contribution is 5.94. The van der Waals surface area contributed by atoms with Crippen LogP contribution in [0.3, 0.4) is 0 Å². The van der Waals surface area contributed by atoms with Gasteiger partial charge in [0.25, 0.3) is 5.91 Å². The third-order valence-corrected chi connectivity index (χ3v) is 3.09. The maximum Gasteiger partial charge on any atom is 0.471 e. The first-order valence-electron chi connectivity index (χ1n) is 7.48. The van der Waals surface area contributed by atoms with Crippen molar-refractivity contribution in [1.29, 1.82) is 0 Å². The summed E-state index contributed by atoms with van der Waals surface area (Å²) < 4.78 is 41.5. The fourth-order valence-electron chi connectivity index (χ4n) is 1.87. The minimum Gasteiger partial charge on any atom is -0.348 e. The zero-order valence-electron chi connectivity index (χ0n) is 13.6. The maximum absolute atomic E-state index is 12.5. The zero-order chi connectivity index (χ0) is 18.4. The molecule has 0 saturated heterocycles. The van der Waals surface area contributed by atoms with Gasteiger partial charge in [-0.3, -0.25) is 4.79 Å². The number of nitrogens with one attached hydrogen (secondary N) is 2. The number of alkyl halides is 3. The summed E-state index contributed by atoms with van der Waals surface area (Å²) in [6.45, 7) is 4.57. The highest BCUT2D eigenvalue weighted by Gasteiger charge is 2.38. The second-order valence-corrected chi connectivity index (χ2v) is 5.15. The summed E-state index contributed by atoms with van der Waals surface area (Å²) in [5, 5.41) is 6.05. The first kappa shape index (κ1) is 18.9. The highest BCUT2D eigenvalue weighted by Crippen LogP contribution is 2.29. The number of hydroxylamine groups is 1. The number of amides is 1. The minimum atomic E-state index is -4.70. The molecule has 136 valence electrons. The second kappa shape index (κ2) is 8.08. The lowest BCUT2D eigenvalue weighted by Gasteiger charge is -2.14. The second-order valence-electron chi connectivity index (χ2n) is 5.15. The SMILES string of the molecule is CCONCC(C)NC(=O)c1ccc(-c2noc(C(F)(F)F)n2)cc1. The summed E-state index contributed by atoms with van der Waals surface area (Å²) in [6, 6.07) is 5.66. The summed E-state index contributed by atoms with van der Waals surface area (Å²) in [5.41, 5.74) is 3.36. The Morgan fingerprint density at radius 2 is 2.00 bits per heavy atom. The molecule has 0 fully saturated rings. The molecule has 2 rings (SSSR count). The highest BCUT2D eigenvalue weighted by atomic mass is 19.4. The van der Waals surface area contributed by atoms with Crippen molar-refractivity contribution >= 4 is 5.91 Å². The topological polar surface area (TPSA) is 89.3 Å². The molecule has 0 saturated carbocycles. The number of benzene rings is 1. The van der Waals surface area contributed by atoms with Crippen LogP contribution in [0.1, 0.15) is 30.1 Å². The Morgan fingerprint density at radius 1 is 1.32 bits per heavy atom. The van der Waals surface area contributed by atoms with Gasteiger partial charge in [-0.05, 0) is 26.0 Å². The predicted octanol–water partition coefficient (Wildman–Crippen LogP) is 2.41. The number of carbonyl (C=O) groups is 1. The Balaban J connectivity index is 1.99. The number of nitrogens with zero attached hydrogens (tertiary/aromatic N) is 2. The summed E-state index contributed by atoms with van der Waals surface area (Å²) in [6.07, 6.45) is -4.70. The number of halogens is 3. The molecule has 2 aromatic rings. The smallest absolute Gasteiger partial charge is 0.348 e. The first-order chi connectivity index (χ1) is 11.8. The number of rotatable bonds is 7. The van der Waals surface area contributed by atoms with Gasteiger partial charge in [0.15, 0.2) is 0 Å². The summed E-state index contributed by atoms with van der Waals surface area (Å²) in [7, 11) is 0. The van der Waals surface area contributed by atoms with E-state index in [1.165, 1.54) is 24.3 Å². The first-order valence-corrected chi connectivity index (χ1v) is 7.48. The monoisotopic (exact) mass is 358 g/mol. The van der Waals surface area contributed by atoms with Gasteiger partial charge in [0.2, 0.25) is 5.82 Å². The Bertz CT molecular complexity index is 701. The van der Waals surface area contributed by atoms with Crippen molar-refractivity contribution in [2.45, 2.75) is 26.1 Å². The van der Waals surface area contributed by atoms with E-state index in [1.807, 2.05) is 6.92 Å². The van der Waals surface area contributed by atoms with Crippen molar-refractivity contribution < 1.29 is 27.3 Å². The van der Waals surface area contributed by atoms with Crippen molar-refractivity contribution in [2.24, 2.45) is 0 Å². The molecule has 1 amide bonds. The van der Waals surface area contributed by atoms with Crippen molar-refractivity contribution in [3.05, 3.63) is 35.7 Å². The van der Waals surface area contributed by atoms with Gasteiger partial charge in [0.1, 0.15) is 0 Å². The Labute approximate surface area is 141 Å². The Hall–Kier alpha value is -2.46. The van der Waals surface area contributed by atoms with Crippen molar-refractivity contribution in [2.75, 3.05) is 13.2 Å². The van der Waals surface area contributed by atoms with E-state index in [9.17, 15) is 18.0 Å². The molecule has 10 heteroatoms. The molecule has 0 aliphatic rings. The molecule has 0 aliphatic carbocycles. The molecule has 0 bridgehead atoms. The van der Waals surface area contributed by atoms with Crippen molar-refractivity contribution in [3.8, 4) is 11.4 Å². The molecule has 1 heterocycles. The van der Waals surface area contributed by atoms with Crippen LogP contribution in [0.4, 0.5) is 13.2 Å². The summed E-state index contributed by atoms with van der Waals surface area (Å²) in [5.74, 6) is -1.94. The van der Waals surface area contributed by atoms with Crippen LogP contribution in [0.15, 0.2) is 28.8 Å². The van der Waals surface area contributed by atoms with Crippen LogP contribution in [0.5, 0.6) is 0 Å². The van der Waals surface area contributed by atoms with Crippen LogP contribution in [-0.2, 0) is 11.0 Å². The molecule has 0 radical (unpaired) electrons. The third-order valence-electron chi connectivity index (χ3n) is 3.09. The van der Waals surface area contributed by atoms with Gasteiger partial charge in [-0.1, -0.05) is 17.3 Å². The van der Waals surface area contributed by atoms with Gasteiger partial charge in [0.05, 0.1) is 6.61 Å². The minimum absolute atomic E-state index is 0.176. The Kier molecular flexibility index (Phi) is 6.10. The van der Waals surface area contributed by atoms with E-state index in [4.69, 9.17) is 4.84 Å². The molecular formula is C15H17F3N4O3. The molecule has 2 N–H and O–H groups in total. The quantitative estimate of drug-likeness (QED) is 0.584. The van der Waals surface area contributed by atoms with E-state index in [-0.39, 0.29) is 17.8 Å². The maximum atomic E-state index is 12.5. The number of aromatic nitrogens is 2. The molecule has 25 heavy (non-hydrogen) atoms. The van der Waals surface area contributed by atoms with Crippen molar-refractivity contribution in [3.63, 3.8) is 0 Å². The lowest BCUT2D eigenvalue weighted by Crippen LogP contribution is -2.39. The molecule has 1 unspecified atom stereocenters. The largest absolute Gasteiger partial charge is 0.471 e. The van der Waals surface area contributed by atoms with Gasteiger partial charge in [0, 0.05) is 23.7 Å². The lowest BCUT2D eigenvalue weighted by atomic mass is 10.1. The average Bonchev–Trinajstić information content (AvgIpc) is 3.05. The standard InChI is InChI=1S/C15H17F3N4O3/c1-3-24-19-8-9(2)20-13(23)11-6-4-10(5-7-11)12-21-14(25-22-12)15(16,17)18/h4-7,9,19H,3,8H2,1-2H3,(H,20,23). The van der Waals surface area contributed by atoms with Crippen LogP contribution >= 0.6 is 0 Å². The van der Waals surface area contributed by atoms with Gasteiger partial charge in [-0.25, -0.2) is 5.48 Å². The number of hydrogen-bond acceptors (Lipinski definition) is 6. The van der Waals surface area contributed by atoms with E-state index in [0.717, 1.165) is 0 Å². The van der Waals surface area contributed by atoms with E-state index >= 15 is 0 Å². The van der Waals surface area contributed by atoms with Crippen LogP contribution < -0.4 is 10.8 Å². The van der Waals surface area contributed by atoms with Gasteiger partial charge >= 0.3 is 12.1 Å². The van der Waals surface area contributed by atoms with Crippen LogP contribution in [0, 0.1) is 0 Å². The van der Waals surface area contributed by atoms with E-state index in [2.05, 4.69) is 25.5 Å².